The lowest BCUT2D eigenvalue weighted by Crippen LogP contribution is -2.53. The third-order valence-electron chi connectivity index (χ3n) is 3.92. The molecule has 1 aliphatic heterocycles. The van der Waals surface area contributed by atoms with Crippen molar-refractivity contribution in [1.82, 2.24) is 14.8 Å². The highest BCUT2D eigenvalue weighted by Crippen LogP contribution is 2.22. The van der Waals surface area contributed by atoms with Gasteiger partial charge in [-0.2, -0.15) is 0 Å². The summed E-state index contributed by atoms with van der Waals surface area (Å²) in [7, 11) is 1.75. The van der Waals surface area contributed by atoms with Crippen LogP contribution in [0.5, 0.6) is 0 Å². The molecule has 0 saturated carbocycles. The topological polar surface area (TPSA) is 62.7 Å². The molecule has 0 unspecified atom stereocenters. The fourth-order valence-electron chi connectivity index (χ4n) is 2.79. The number of ether oxygens (including phenoxy) is 1. The molecule has 1 aliphatic rings. The summed E-state index contributed by atoms with van der Waals surface area (Å²) in [6, 6.07) is 5.17. The molecular weight excluding hydrogens is 306 g/mol. The van der Waals surface area contributed by atoms with Crippen molar-refractivity contribution < 1.29 is 14.3 Å². The average molecular weight is 333 g/mol. The molecule has 6 nitrogen and oxygen atoms in total. The first-order valence-electron chi connectivity index (χ1n) is 8.42. The molecule has 1 atom stereocenters. The minimum Gasteiger partial charge on any atom is -0.444 e. The van der Waals surface area contributed by atoms with Crippen LogP contribution in [-0.4, -0.2) is 52.0 Å². The second-order valence-corrected chi connectivity index (χ2v) is 7.20. The van der Waals surface area contributed by atoms with E-state index in [4.69, 9.17) is 4.74 Å². The number of hydrogen-bond acceptors (Lipinski definition) is 4. The van der Waals surface area contributed by atoms with E-state index in [-0.39, 0.29) is 5.91 Å². The Morgan fingerprint density at radius 2 is 2.08 bits per heavy atom. The zero-order valence-electron chi connectivity index (χ0n) is 15.0. The molecule has 24 heavy (non-hydrogen) atoms. The molecule has 1 aromatic rings. The molecule has 1 fully saturated rings. The Labute approximate surface area is 143 Å². The van der Waals surface area contributed by atoms with Crippen molar-refractivity contribution in [2.24, 2.45) is 0 Å². The molecular formula is C18H27N3O3. The van der Waals surface area contributed by atoms with Crippen LogP contribution in [0.15, 0.2) is 24.4 Å². The third kappa shape index (κ3) is 4.94. The van der Waals surface area contributed by atoms with Crippen LogP contribution in [0, 0.1) is 0 Å². The first kappa shape index (κ1) is 18.2. The largest absolute Gasteiger partial charge is 0.444 e. The van der Waals surface area contributed by atoms with E-state index >= 15 is 0 Å². The Hall–Kier alpha value is -2.11. The van der Waals surface area contributed by atoms with Gasteiger partial charge in [0.1, 0.15) is 11.6 Å². The van der Waals surface area contributed by atoms with Gasteiger partial charge in [-0.15, -0.1) is 0 Å². The van der Waals surface area contributed by atoms with Gasteiger partial charge in [0.25, 0.3) is 0 Å². The summed E-state index contributed by atoms with van der Waals surface area (Å²) in [4.78, 5) is 32.7. The smallest absolute Gasteiger partial charge is 0.410 e. The van der Waals surface area contributed by atoms with E-state index in [9.17, 15) is 9.59 Å². The third-order valence-corrected chi connectivity index (χ3v) is 3.92. The number of aromatic nitrogens is 1. The number of hydrogen-bond donors (Lipinski definition) is 0. The summed E-state index contributed by atoms with van der Waals surface area (Å²) in [5.74, 6) is -0.0637. The number of amides is 2. The molecule has 0 radical (unpaired) electrons. The summed E-state index contributed by atoms with van der Waals surface area (Å²) in [6.07, 6.45) is 3.80. The van der Waals surface area contributed by atoms with Crippen LogP contribution in [-0.2, 0) is 16.1 Å². The number of nitrogens with zero attached hydrogens (tertiary/aromatic N) is 3. The van der Waals surface area contributed by atoms with Gasteiger partial charge in [-0.05, 0) is 52.2 Å². The molecule has 2 amide bonds. The fourth-order valence-corrected chi connectivity index (χ4v) is 2.79. The average Bonchev–Trinajstić information content (AvgIpc) is 2.53. The molecule has 0 bridgehead atoms. The maximum absolute atomic E-state index is 12.8. The number of likely N-dealkylation sites (tertiary alicyclic amines) is 1. The van der Waals surface area contributed by atoms with Gasteiger partial charge in [-0.3, -0.25) is 14.7 Å². The minimum absolute atomic E-state index is 0.0637. The van der Waals surface area contributed by atoms with Crippen molar-refractivity contribution in [3.63, 3.8) is 0 Å². The van der Waals surface area contributed by atoms with Gasteiger partial charge in [-0.1, -0.05) is 6.07 Å². The fraction of sp³-hybridized carbons (Fsp3) is 0.611. The van der Waals surface area contributed by atoms with E-state index in [2.05, 4.69) is 4.98 Å². The highest BCUT2D eigenvalue weighted by Gasteiger charge is 2.36. The predicted octanol–water partition coefficient (Wildman–Crippen LogP) is 2.83. The molecule has 2 rings (SSSR count). The van der Waals surface area contributed by atoms with Crippen molar-refractivity contribution in [3.8, 4) is 0 Å². The van der Waals surface area contributed by atoms with Gasteiger partial charge >= 0.3 is 6.09 Å². The molecule has 0 spiro atoms. The summed E-state index contributed by atoms with van der Waals surface area (Å²) in [6.45, 7) is 6.48. The highest BCUT2D eigenvalue weighted by molar-refractivity contribution is 5.85. The highest BCUT2D eigenvalue weighted by atomic mass is 16.6. The Kier molecular flexibility index (Phi) is 5.80. The van der Waals surface area contributed by atoms with E-state index in [1.807, 2.05) is 39.0 Å². The lowest BCUT2D eigenvalue weighted by molar-refractivity contribution is -0.137. The summed E-state index contributed by atoms with van der Waals surface area (Å²) >= 11 is 0. The van der Waals surface area contributed by atoms with Crippen LogP contribution in [0.1, 0.15) is 45.7 Å². The van der Waals surface area contributed by atoms with Crippen LogP contribution in [0.2, 0.25) is 0 Å². The quantitative estimate of drug-likeness (QED) is 0.853. The van der Waals surface area contributed by atoms with Crippen molar-refractivity contribution in [2.75, 3.05) is 13.6 Å². The molecule has 1 aromatic heterocycles. The second-order valence-electron chi connectivity index (χ2n) is 7.20. The SMILES string of the molecule is CN(Cc1ccccn1)C(=O)[C@@H]1CCCCN1C(=O)OC(C)(C)C. The Morgan fingerprint density at radius 1 is 1.33 bits per heavy atom. The summed E-state index contributed by atoms with van der Waals surface area (Å²) in [5.41, 5.74) is 0.259. The first-order valence-corrected chi connectivity index (χ1v) is 8.42. The van der Waals surface area contributed by atoms with Gasteiger partial charge in [0.05, 0.1) is 12.2 Å². The van der Waals surface area contributed by atoms with Gasteiger partial charge in [0, 0.05) is 19.8 Å². The summed E-state index contributed by atoms with van der Waals surface area (Å²) in [5, 5.41) is 0. The maximum Gasteiger partial charge on any atom is 0.410 e. The van der Waals surface area contributed by atoms with Crippen LogP contribution >= 0.6 is 0 Å². The van der Waals surface area contributed by atoms with E-state index in [1.165, 1.54) is 0 Å². The number of carbonyl (C=O) groups is 2. The number of rotatable bonds is 3. The van der Waals surface area contributed by atoms with E-state index in [0.29, 0.717) is 19.5 Å². The standard InChI is InChI=1S/C18H27N3O3/c1-18(2,3)24-17(23)21-12-8-6-10-15(21)16(22)20(4)13-14-9-5-7-11-19-14/h5,7,9,11,15H,6,8,10,12-13H2,1-4H3/t15-/m0/s1. The molecule has 2 heterocycles. The molecule has 0 aliphatic carbocycles. The molecule has 0 N–H and O–H groups in total. The Morgan fingerprint density at radius 3 is 2.71 bits per heavy atom. The van der Waals surface area contributed by atoms with Gasteiger partial charge in [0.15, 0.2) is 0 Å². The van der Waals surface area contributed by atoms with Crippen molar-refractivity contribution in [3.05, 3.63) is 30.1 Å². The van der Waals surface area contributed by atoms with Crippen LogP contribution in [0.25, 0.3) is 0 Å². The zero-order valence-corrected chi connectivity index (χ0v) is 15.0. The summed E-state index contributed by atoms with van der Waals surface area (Å²) < 4.78 is 5.46. The Bertz CT molecular complexity index is 569. The molecule has 132 valence electrons. The van der Waals surface area contributed by atoms with E-state index in [0.717, 1.165) is 18.5 Å². The van der Waals surface area contributed by atoms with E-state index < -0.39 is 17.7 Å². The lowest BCUT2D eigenvalue weighted by atomic mass is 10.0. The van der Waals surface area contributed by atoms with Crippen LogP contribution < -0.4 is 0 Å². The van der Waals surface area contributed by atoms with Crippen molar-refractivity contribution >= 4 is 12.0 Å². The number of piperidine rings is 1. The van der Waals surface area contributed by atoms with Crippen molar-refractivity contribution in [2.45, 2.75) is 58.2 Å². The van der Waals surface area contributed by atoms with Crippen LogP contribution in [0.3, 0.4) is 0 Å². The number of pyridine rings is 1. The van der Waals surface area contributed by atoms with Gasteiger partial charge < -0.3 is 9.64 Å². The van der Waals surface area contributed by atoms with E-state index in [1.54, 1.807) is 23.0 Å². The zero-order chi connectivity index (χ0) is 17.7. The lowest BCUT2D eigenvalue weighted by Gasteiger charge is -2.37. The molecule has 1 saturated heterocycles. The van der Waals surface area contributed by atoms with Gasteiger partial charge in [-0.25, -0.2) is 4.79 Å². The monoisotopic (exact) mass is 333 g/mol. The maximum atomic E-state index is 12.8. The predicted molar refractivity (Wildman–Crippen MR) is 91.3 cm³/mol. The molecule has 0 aromatic carbocycles. The van der Waals surface area contributed by atoms with Crippen molar-refractivity contribution in [1.29, 1.82) is 0 Å². The second kappa shape index (κ2) is 7.64. The normalized spacial score (nSPS) is 18.2. The first-order chi connectivity index (χ1) is 11.3. The van der Waals surface area contributed by atoms with Crippen LogP contribution in [0.4, 0.5) is 4.79 Å². The van der Waals surface area contributed by atoms with Gasteiger partial charge in [0.2, 0.25) is 5.91 Å². The Balaban J connectivity index is 2.05. The number of likely N-dealkylation sites (N-methyl/N-ethyl adjacent to an activating group) is 1. The minimum atomic E-state index is -0.567. The molecule has 6 heteroatoms. The number of carbonyl (C=O) groups excluding carboxylic acids is 2.